The highest BCUT2D eigenvalue weighted by molar-refractivity contribution is 5.78. The first-order valence-corrected chi connectivity index (χ1v) is 8.18. The molecule has 1 heterocycles. The molecule has 1 aromatic heterocycles. The lowest BCUT2D eigenvalue weighted by Crippen LogP contribution is -2.27. The van der Waals surface area contributed by atoms with Crippen molar-refractivity contribution < 1.29 is 9.18 Å². The lowest BCUT2D eigenvalue weighted by Gasteiger charge is -2.14. The van der Waals surface area contributed by atoms with Gasteiger partial charge >= 0.3 is 0 Å². The number of aromatic nitrogens is 2. The summed E-state index contributed by atoms with van der Waals surface area (Å²) in [6.07, 6.45) is 3.81. The topological polar surface area (TPSA) is 46.9 Å². The lowest BCUT2D eigenvalue weighted by molar-refractivity contribution is -0.122. The zero-order valence-corrected chi connectivity index (χ0v) is 13.2. The third-order valence-corrected chi connectivity index (χ3v) is 4.63. The predicted octanol–water partition coefficient (Wildman–Crippen LogP) is 3.37. The highest BCUT2D eigenvalue weighted by Gasteiger charge is 2.24. The van der Waals surface area contributed by atoms with Crippen molar-refractivity contribution in [3.05, 3.63) is 65.7 Å². The van der Waals surface area contributed by atoms with E-state index in [2.05, 4.69) is 10.3 Å². The molecule has 0 saturated heterocycles. The predicted molar refractivity (Wildman–Crippen MR) is 90.0 cm³/mol. The first kappa shape index (κ1) is 14.9. The Labute approximate surface area is 139 Å². The van der Waals surface area contributed by atoms with Gasteiger partial charge in [0.2, 0.25) is 5.91 Å². The fraction of sp³-hybridized carbons (Fsp3) is 0.263. The summed E-state index contributed by atoms with van der Waals surface area (Å²) in [5, 5.41) is 3.07. The SMILES string of the molecule is O=C(CCn1cnc2ccccc21)N[C@H]1CCc2cc(F)ccc21. The van der Waals surface area contributed by atoms with Crippen LogP contribution in [0, 0.1) is 5.82 Å². The molecule has 0 unspecified atom stereocenters. The Hall–Kier alpha value is -2.69. The van der Waals surface area contributed by atoms with Crippen LogP contribution in [0.3, 0.4) is 0 Å². The zero-order valence-electron chi connectivity index (χ0n) is 13.2. The van der Waals surface area contributed by atoms with Crippen LogP contribution >= 0.6 is 0 Å². The molecule has 0 fully saturated rings. The number of hydrogen-bond acceptors (Lipinski definition) is 2. The molecule has 0 radical (unpaired) electrons. The minimum Gasteiger partial charge on any atom is -0.349 e. The number of halogens is 1. The van der Waals surface area contributed by atoms with Crippen molar-refractivity contribution in [1.29, 1.82) is 0 Å². The monoisotopic (exact) mass is 323 g/mol. The number of hydrogen-bond donors (Lipinski definition) is 1. The maximum absolute atomic E-state index is 13.3. The number of fused-ring (bicyclic) bond motifs is 2. The molecule has 3 aromatic rings. The standard InChI is InChI=1S/C19H18FN3O/c20-14-6-7-15-13(11-14)5-8-16(15)22-19(24)9-10-23-12-21-17-3-1-2-4-18(17)23/h1-4,6-7,11-12,16H,5,8-10H2,(H,22,24)/t16-/m0/s1. The summed E-state index contributed by atoms with van der Waals surface area (Å²) in [6, 6.07) is 12.7. The van der Waals surface area contributed by atoms with E-state index in [4.69, 9.17) is 0 Å². The van der Waals surface area contributed by atoms with Crippen LogP contribution in [0.1, 0.15) is 30.0 Å². The van der Waals surface area contributed by atoms with Crippen LogP contribution in [0.4, 0.5) is 4.39 Å². The first-order valence-electron chi connectivity index (χ1n) is 8.18. The molecule has 1 N–H and O–H groups in total. The van der Waals surface area contributed by atoms with E-state index in [0.717, 1.165) is 35.0 Å². The fourth-order valence-electron chi connectivity index (χ4n) is 3.41. The average Bonchev–Trinajstić information content (AvgIpc) is 3.17. The largest absolute Gasteiger partial charge is 0.349 e. The van der Waals surface area contributed by atoms with Gasteiger partial charge in [-0.3, -0.25) is 4.79 Å². The van der Waals surface area contributed by atoms with Gasteiger partial charge in [0.25, 0.3) is 0 Å². The van der Waals surface area contributed by atoms with E-state index in [0.29, 0.717) is 13.0 Å². The van der Waals surface area contributed by atoms with Gasteiger partial charge in [-0.2, -0.15) is 0 Å². The van der Waals surface area contributed by atoms with Crippen LogP contribution in [0.25, 0.3) is 11.0 Å². The number of amides is 1. The number of carbonyl (C=O) groups excluding carboxylic acids is 1. The van der Waals surface area contributed by atoms with E-state index in [1.54, 1.807) is 18.5 Å². The molecular weight excluding hydrogens is 305 g/mol. The summed E-state index contributed by atoms with van der Waals surface area (Å²) < 4.78 is 15.3. The van der Waals surface area contributed by atoms with Crippen molar-refractivity contribution in [2.24, 2.45) is 0 Å². The van der Waals surface area contributed by atoms with Gasteiger partial charge in [0.1, 0.15) is 5.82 Å². The normalized spacial score (nSPS) is 16.3. The minimum atomic E-state index is -0.215. The molecule has 0 spiro atoms. The van der Waals surface area contributed by atoms with E-state index in [-0.39, 0.29) is 17.8 Å². The van der Waals surface area contributed by atoms with Gasteiger partial charge in [0.15, 0.2) is 0 Å². The molecule has 2 aromatic carbocycles. The molecule has 1 amide bonds. The smallest absolute Gasteiger partial charge is 0.222 e. The highest BCUT2D eigenvalue weighted by Crippen LogP contribution is 2.31. The van der Waals surface area contributed by atoms with E-state index in [1.807, 2.05) is 28.8 Å². The average molecular weight is 323 g/mol. The van der Waals surface area contributed by atoms with E-state index < -0.39 is 0 Å². The van der Waals surface area contributed by atoms with Gasteiger partial charge in [0, 0.05) is 13.0 Å². The van der Waals surface area contributed by atoms with Crippen molar-refractivity contribution in [3.63, 3.8) is 0 Å². The number of benzene rings is 2. The summed E-state index contributed by atoms with van der Waals surface area (Å²) in [5.41, 5.74) is 4.01. The maximum atomic E-state index is 13.3. The first-order chi connectivity index (χ1) is 11.7. The van der Waals surface area contributed by atoms with Crippen molar-refractivity contribution in [2.45, 2.75) is 31.8 Å². The zero-order chi connectivity index (χ0) is 16.5. The quantitative estimate of drug-likeness (QED) is 0.800. The summed E-state index contributed by atoms with van der Waals surface area (Å²) in [4.78, 5) is 16.6. The second kappa shape index (κ2) is 6.07. The molecule has 4 nitrogen and oxygen atoms in total. The Morgan fingerprint density at radius 3 is 3.08 bits per heavy atom. The summed E-state index contributed by atoms with van der Waals surface area (Å²) in [6.45, 7) is 0.593. The molecular formula is C19H18FN3O. The van der Waals surface area contributed by atoms with Crippen molar-refractivity contribution >= 4 is 16.9 Å². The number of nitrogens with zero attached hydrogens (tertiary/aromatic N) is 2. The number of nitrogens with one attached hydrogen (secondary N) is 1. The van der Waals surface area contributed by atoms with Crippen LogP contribution in [-0.2, 0) is 17.8 Å². The lowest BCUT2D eigenvalue weighted by atomic mass is 10.1. The van der Waals surface area contributed by atoms with Crippen molar-refractivity contribution in [3.8, 4) is 0 Å². The number of carbonyl (C=O) groups is 1. The van der Waals surface area contributed by atoms with E-state index >= 15 is 0 Å². The van der Waals surface area contributed by atoms with E-state index in [1.165, 1.54) is 6.07 Å². The summed E-state index contributed by atoms with van der Waals surface area (Å²) in [7, 11) is 0. The Balaban J connectivity index is 1.40. The van der Waals surface area contributed by atoms with E-state index in [9.17, 15) is 9.18 Å². The van der Waals surface area contributed by atoms with Crippen molar-refractivity contribution in [2.75, 3.05) is 0 Å². The van der Waals surface area contributed by atoms with Gasteiger partial charge in [0.05, 0.1) is 23.4 Å². The summed E-state index contributed by atoms with van der Waals surface area (Å²) >= 11 is 0. The number of imidazole rings is 1. The molecule has 5 heteroatoms. The van der Waals surface area contributed by atoms with Crippen LogP contribution in [0.2, 0.25) is 0 Å². The third kappa shape index (κ3) is 2.77. The number of para-hydroxylation sites is 2. The molecule has 1 atom stereocenters. The third-order valence-electron chi connectivity index (χ3n) is 4.63. The molecule has 0 saturated carbocycles. The Bertz CT molecular complexity index is 903. The summed E-state index contributed by atoms with van der Waals surface area (Å²) in [5.74, 6) is -0.206. The Kier molecular flexibility index (Phi) is 3.76. The highest BCUT2D eigenvalue weighted by atomic mass is 19.1. The van der Waals surface area contributed by atoms with Crippen LogP contribution < -0.4 is 5.32 Å². The molecule has 0 aliphatic heterocycles. The maximum Gasteiger partial charge on any atom is 0.222 e. The van der Waals surface area contributed by atoms with Crippen LogP contribution in [0.5, 0.6) is 0 Å². The molecule has 0 bridgehead atoms. The number of aryl methyl sites for hydroxylation is 2. The second-order valence-corrected chi connectivity index (χ2v) is 6.18. The van der Waals surface area contributed by atoms with Gasteiger partial charge in [-0.15, -0.1) is 0 Å². The Morgan fingerprint density at radius 1 is 1.29 bits per heavy atom. The van der Waals surface area contributed by atoms with Gasteiger partial charge in [-0.05, 0) is 48.2 Å². The molecule has 122 valence electrons. The number of rotatable bonds is 4. The Morgan fingerprint density at radius 2 is 2.17 bits per heavy atom. The molecule has 24 heavy (non-hydrogen) atoms. The molecule has 4 rings (SSSR count). The van der Waals surface area contributed by atoms with Gasteiger partial charge in [-0.1, -0.05) is 18.2 Å². The van der Waals surface area contributed by atoms with Gasteiger partial charge < -0.3 is 9.88 Å². The van der Waals surface area contributed by atoms with Crippen molar-refractivity contribution in [1.82, 2.24) is 14.9 Å². The molecule has 1 aliphatic carbocycles. The minimum absolute atomic E-state index is 0.00682. The van der Waals surface area contributed by atoms with Gasteiger partial charge in [-0.25, -0.2) is 9.37 Å². The molecule has 1 aliphatic rings. The van der Waals surface area contributed by atoms with Crippen LogP contribution in [0.15, 0.2) is 48.8 Å². The van der Waals surface area contributed by atoms with Crippen LogP contribution in [-0.4, -0.2) is 15.5 Å². The second-order valence-electron chi connectivity index (χ2n) is 6.18. The fourth-order valence-corrected chi connectivity index (χ4v) is 3.41.